The summed E-state index contributed by atoms with van der Waals surface area (Å²) in [4.78, 5) is 0. The summed E-state index contributed by atoms with van der Waals surface area (Å²) in [5.41, 5.74) is 11.7. The van der Waals surface area contributed by atoms with Crippen LogP contribution in [0.4, 0.5) is 14.5 Å². The lowest BCUT2D eigenvalue weighted by molar-refractivity contribution is 0.410. The number of ether oxygens (including phenoxy) is 1. The Morgan fingerprint density at radius 1 is 1.22 bits per heavy atom. The lowest BCUT2D eigenvalue weighted by atomic mass is 10.1. The van der Waals surface area contributed by atoms with E-state index in [1.165, 1.54) is 5.56 Å². The van der Waals surface area contributed by atoms with Crippen molar-refractivity contribution in [1.82, 2.24) is 0 Å². The molecule has 23 heavy (non-hydrogen) atoms. The fourth-order valence-electron chi connectivity index (χ4n) is 1.54. The van der Waals surface area contributed by atoms with E-state index in [0.29, 0.717) is 0 Å². The molecule has 0 heterocycles. The molecular weight excluding hydrogens is 386 g/mol. The van der Waals surface area contributed by atoms with Crippen LogP contribution in [0.3, 0.4) is 0 Å². The second-order valence-electron chi connectivity index (χ2n) is 4.11. The highest BCUT2D eigenvalue weighted by molar-refractivity contribution is 9.10. The number of nitrogens with two attached hydrogens (primary N) is 2. The number of methoxy groups -OCH3 is 1. The second-order valence-corrected chi connectivity index (χ2v) is 5.30. The van der Waals surface area contributed by atoms with Crippen LogP contribution in [-0.4, -0.2) is 12.6 Å². The van der Waals surface area contributed by atoms with Gasteiger partial charge in [0.25, 0.3) is 0 Å². The molecule has 0 unspecified atom stereocenters. The molecule has 0 saturated heterocycles. The number of hydrogen-bond donors (Lipinski definition) is 2. The first-order chi connectivity index (χ1) is 10.9. The highest BCUT2D eigenvalue weighted by Crippen LogP contribution is 2.22. The van der Waals surface area contributed by atoms with Gasteiger partial charge in [0.15, 0.2) is 0 Å². The van der Waals surface area contributed by atoms with Crippen molar-refractivity contribution < 1.29 is 13.5 Å². The zero-order chi connectivity index (χ0) is 17.8. The molecule has 0 amide bonds. The standard InChI is InChI=1S/C9H11BrO.C6H5F2N.CH3NS/c1-3-7-6-8(10)4-5-9(7)11-2;7-4-1-2-5(8)6(9)3-4;2-1-3/h4-6H,3H2,1-2H3;1-3H,9H2;1H,(H2,2,3). The van der Waals surface area contributed by atoms with Crippen LogP contribution in [0, 0.1) is 11.6 Å². The number of thiocarbonyl (C=S) groups is 1. The van der Waals surface area contributed by atoms with Crippen LogP contribution >= 0.6 is 28.1 Å². The SMILES string of the molecule is CCc1cc(Br)ccc1OC.NC=S.Nc1cc(F)ccc1F. The van der Waals surface area contributed by atoms with Gasteiger partial charge in [-0.25, -0.2) is 8.78 Å². The van der Waals surface area contributed by atoms with Gasteiger partial charge in [0.2, 0.25) is 0 Å². The molecule has 0 aliphatic rings. The van der Waals surface area contributed by atoms with Crippen molar-refractivity contribution in [3.8, 4) is 5.75 Å². The summed E-state index contributed by atoms with van der Waals surface area (Å²) in [5, 5.41) is 0. The summed E-state index contributed by atoms with van der Waals surface area (Å²) in [5.74, 6) is -0.138. The molecule has 0 atom stereocenters. The number of benzene rings is 2. The summed E-state index contributed by atoms with van der Waals surface area (Å²) >= 11 is 7.46. The molecule has 126 valence electrons. The van der Waals surface area contributed by atoms with Crippen molar-refractivity contribution in [1.29, 1.82) is 0 Å². The average molecular weight is 405 g/mol. The molecule has 2 aromatic rings. The van der Waals surface area contributed by atoms with Gasteiger partial charge in [-0.15, -0.1) is 0 Å². The first kappa shape index (κ1) is 21.3. The van der Waals surface area contributed by atoms with Gasteiger partial charge < -0.3 is 16.2 Å². The first-order valence-electron chi connectivity index (χ1n) is 6.57. The van der Waals surface area contributed by atoms with Gasteiger partial charge in [0.1, 0.15) is 17.4 Å². The molecular formula is C16H19BrF2N2OS. The Morgan fingerprint density at radius 2 is 1.83 bits per heavy atom. The summed E-state index contributed by atoms with van der Waals surface area (Å²) in [6.07, 6.45) is 1.00. The molecule has 4 N–H and O–H groups in total. The summed E-state index contributed by atoms with van der Waals surface area (Å²) in [6, 6.07) is 8.99. The van der Waals surface area contributed by atoms with E-state index in [9.17, 15) is 8.78 Å². The third-order valence-electron chi connectivity index (χ3n) is 2.58. The van der Waals surface area contributed by atoms with Crippen molar-refractivity contribution >= 4 is 39.3 Å². The minimum atomic E-state index is -0.587. The van der Waals surface area contributed by atoms with Crippen LogP contribution in [0.25, 0.3) is 0 Å². The van der Waals surface area contributed by atoms with Crippen LogP contribution in [-0.2, 0) is 6.42 Å². The molecule has 0 aromatic heterocycles. The normalized spacial score (nSPS) is 8.91. The van der Waals surface area contributed by atoms with E-state index < -0.39 is 11.6 Å². The van der Waals surface area contributed by atoms with Gasteiger partial charge in [0, 0.05) is 4.47 Å². The minimum absolute atomic E-state index is 0.157. The van der Waals surface area contributed by atoms with Crippen LogP contribution < -0.4 is 16.2 Å². The van der Waals surface area contributed by atoms with Crippen molar-refractivity contribution in [2.75, 3.05) is 12.8 Å². The number of hydrogen-bond acceptors (Lipinski definition) is 3. The molecule has 0 fully saturated rings. The fourth-order valence-corrected chi connectivity index (χ4v) is 1.95. The summed E-state index contributed by atoms with van der Waals surface area (Å²) in [6.45, 7) is 2.12. The maximum atomic E-state index is 12.2. The minimum Gasteiger partial charge on any atom is -0.496 e. The summed E-state index contributed by atoms with van der Waals surface area (Å²) in [7, 11) is 1.70. The number of nitrogen functional groups attached to an aromatic ring is 1. The largest absolute Gasteiger partial charge is 0.496 e. The van der Waals surface area contributed by atoms with Crippen molar-refractivity contribution in [2.24, 2.45) is 5.73 Å². The van der Waals surface area contributed by atoms with E-state index in [0.717, 1.165) is 40.3 Å². The predicted molar refractivity (Wildman–Crippen MR) is 98.7 cm³/mol. The molecule has 0 bridgehead atoms. The van der Waals surface area contributed by atoms with E-state index in [1.807, 2.05) is 12.1 Å². The van der Waals surface area contributed by atoms with Crippen molar-refractivity contribution in [3.63, 3.8) is 0 Å². The van der Waals surface area contributed by atoms with E-state index >= 15 is 0 Å². The molecule has 7 heteroatoms. The second kappa shape index (κ2) is 11.8. The van der Waals surface area contributed by atoms with E-state index in [-0.39, 0.29) is 5.69 Å². The number of rotatable bonds is 2. The lowest BCUT2D eigenvalue weighted by Gasteiger charge is -2.05. The van der Waals surface area contributed by atoms with Gasteiger partial charge in [0.05, 0.1) is 18.3 Å². The zero-order valence-electron chi connectivity index (χ0n) is 12.9. The number of halogens is 3. The molecule has 2 rings (SSSR count). The Morgan fingerprint density at radius 3 is 2.26 bits per heavy atom. The Hall–Kier alpha value is -1.73. The third kappa shape index (κ3) is 8.47. The van der Waals surface area contributed by atoms with E-state index in [4.69, 9.17) is 10.5 Å². The Kier molecular flexibility index (Phi) is 10.9. The molecule has 0 aliphatic carbocycles. The molecule has 0 aliphatic heterocycles. The van der Waals surface area contributed by atoms with Gasteiger partial charge in [-0.3, -0.25) is 0 Å². The smallest absolute Gasteiger partial charge is 0.146 e. The maximum Gasteiger partial charge on any atom is 0.146 e. The van der Waals surface area contributed by atoms with Crippen LogP contribution in [0.15, 0.2) is 40.9 Å². The van der Waals surface area contributed by atoms with Crippen molar-refractivity contribution in [3.05, 3.63) is 58.1 Å². The lowest BCUT2D eigenvalue weighted by Crippen LogP contribution is -1.89. The van der Waals surface area contributed by atoms with Crippen LogP contribution in [0.1, 0.15) is 12.5 Å². The Labute approximate surface area is 148 Å². The molecule has 0 spiro atoms. The predicted octanol–water partition coefficient (Wildman–Crippen LogP) is 4.47. The highest BCUT2D eigenvalue weighted by atomic mass is 79.9. The highest BCUT2D eigenvalue weighted by Gasteiger charge is 1.99. The Balaban J connectivity index is 0.000000365. The van der Waals surface area contributed by atoms with E-state index in [1.54, 1.807) is 7.11 Å². The van der Waals surface area contributed by atoms with Gasteiger partial charge >= 0.3 is 0 Å². The monoisotopic (exact) mass is 404 g/mol. The maximum absolute atomic E-state index is 12.2. The first-order valence-corrected chi connectivity index (χ1v) is 7.84. The van der Waals surface area contributed by atoms with Crippen LogP contribution in [0.5, 0.6) is 5.75 Å². The fraction of sp³-hybridized carbons (Fsp3) is 0.188. The zero-order valence-corrected chi connectivity index (χ0v) is 15.3. The molecule has 3 nitrogen and oxygen atoms in total. The Bertz CT molecular complexity index is 627. The van der Waals surface area contributed by atoms with Gasteiger partial charge in [-0.2, -0.15) is 0 Å². The van der Waals surface area contributed by atoms with Gasteiger partial charge in [-0.1, -0.05) is 35.1 Å². The van der Waals surface area contributed by atoms with Gasteiger partial charge in [-0.05, 0) is 48.4 Å². The average Bonchev–Trinajstić information content (AvgIpc) is 2.52. The molecule has 2 aromatic carbocycles. The van der Waals surface area contributed by atoms with E-state index in [2.05, 4.69) is 46.9 Å². The third-order valence-corrected chi connectivity index (χ3v) is 3.07. The topological polar surface area (TPSA) is 61.3 Å². The quantitative estimate of drug-likeness (QED) is 0.572. The number of anilines is 1. The van der Waals surface area contributed by atoms with Crippen molar-refractivity contribution in [2.45, 2.75) is 13.3 Å². The van der Waals surface area contributed by atoms with Crippen LogP contribution in [0.2, 0.25) is 0 Å². The molecule has 0 saturated carbocycles. The summed E-state index contributed by atoms with van der Waals surface area (Å²) < 4.78 is 30.6. The number of aryl methyl sites for hydroxylation is 1. The molecule has 0 radical (unpaired) electrons.